The second-order valence-electron chi connectivity index (χ2n) is 6.68. The molecule has 2 aromatic carbocycles. The predicted molar refractivity (Wildman–Crippen MR) is 95.6 cm³/mol. The van der Waals surface area contributed by atoms with Crippen LogP contribution in [-0.2, 0) is 4.79 Å². The molecule has 1 aliphatic heterocycles. The SMILES string of the molecule is CNCC1CCCN(C(=O)C(C)c2ccc3ccccc3c2)C1. The van der Waals surface area contributed by atoms with Crippen LogP contribution in [0.2, 0.25) is 0 Å². The van der Waals surface area contributed by atoms with E-state index in [9.17, 15) is 4.79 Å². The van der Waals surface area contributed by atoms with Crippen LogP contribution in [0.3, 0.4) is 0 Å². The number of carbonyl (C=O) groups is 1. The van der Waals surface area contributed by atoms with Gasteiger partial charge in [-0.2, -0.15) is 0 Å². The molecule has 1 N–H and O–H groups in total. The number of hydrogen-bond donors (Lipinski definition) is 1. The largest absolute Gasteiger partial charge is 0.342 e. The Kier molecular flexibility index (Phi) is 4.97. The van der Waals surface area contributed by atoms with E-state index in [1.54, 1.807) is 0 Å². The number of rotatable bonds is 4. The van der Waals surface area contributed by atoms with Gasteiger partial charge in [0.05, 0.1) is 5.92 Å². The summed E-state index contributed by atoms with van der Waals surface area (Å²) in [6, 6.07) is 14.7. The number of carbonyl (C=O) groups excluding carboxylic acids is 1. The van der Waals surface area contributed by atoms with Crippen molar-refractivity contribution >= 4 is 16.7 Å². The first-order valence-electron chi connectivity index (χ1n) is 8.61. The minimum Gasteiger partial charge on any atom is -0.342 e. The molecule has 23 heavy (non-hydrogen) atoms. The summed E-state index contributed by atoms with van der Waals surface area (Å²) in [5.41, 5.74) is 1.12. The fourth-order valence-electron chi connectivity index (χ4n) is 3.61. The number of nitrogens with zero attached hydrogens (tertiary/aromatic N) is 1. The molecule has 1 fully saturated rings. The van der Waals surface area contributed by atoms with Gasteiger partial charge >= 0.3 is 0 Å². The van der Waals surface area contributed by atoms with Gasteiger partial charge in [-0.3, -0.25) is 4.79 Å². The Labute approximate surface area is 138 Å². The lowest BCUT2D eigenvalue weighted by atomic mass is 9.93. The number of nitrogens with one attached hydrogen (secondary N) is 1. The van der Waals surface area contributed by atoms with Gasteiger partial charge in [0.15, 0.2) is 0 Å². The van der Waals surface area contributed by atoms with Crippen molar-refractivity contribution in [2.75, 3.05) is 26.7 Å². The molecule has 122 valence electrons. The van der Waals surface area contributed by atoms with Gasteiger partial charge in [0.25, 0.3) is 0 Å². The zero-order valence-electron chi connectivity index (χ0n) is 14.1. The van der Waals surface area contributed by atoms with Gasteiger partial charge in [0.1, 0.15) is 0 Å². The van der Waals surface area contributed by atoms with Gasteiger partial charge in [0.2, 0.25) is 5.91 Å². The number of likely N-dealkylation sites (tertiary alicyclic amines) is 1. The highest BCUT2D eigenvalue weighted by molar-refractivity contribution is 5.87. The van der Waals surface area contributed by atoms with Crippen LogP contribution in [0, 0.1) is 5.92 Å². The van der Waals surface area contributed by atoms with Crippen LogP contribution in [0.1, 0.15) is 31.2 Å². The van der Waals surface area contributed by atoms with E-state index in [2.05, 4.69) is 40.5 Å². The summed E-state index contributed by atoms with van der Waals surface area (Å²) >= 11 is 0. The van der Waals surface area contributed by atoms with E-state index < -0.39 is 0 Å². The van der Waals surface area contributed by atoms with Crippen molar-refractivity contribution in [2.45, 2.75) is 25.7 Å². The molecular formula is C20H26N2O. The number of hydrogen-bond acceptors (Lipinski definition) is 2. The third-order valence-corrected chi connectivity index (χ3v) is 4.97. The highest BCUT2D eigenvalue weighted by Gasteiger charge is 2.27. The summed E-state index contributed by atoms with van der Waals surface area (Å²) in [7, 11) is 1.98. The highest BCUT2D eigenvalue weighted by atomic mass is 16.2. The summed E-state index contributed by atoms with van der Waals surface area (Å²) in [4.78, 5) is 15.0. The third kappa shape index (κ3) is 3.56. The molecule has 1 saturated heterocycles. The molecule has 2 aromatic rings. The van der Waals surface area contributed by atoms with E-state index in [1.165, 1.54) is 17.2 Å². The minimum absolute atomic E-state index is 0.0760. The van der Waals surface area contributed by atoms with Crippen molar-refractivity contribution in [1.29, 1.82) is 0 Å². The number of piperidine rings is 1. The van der Waals surface area contributed by atoms with Crippen LogP contribution in [0.15, 0.2) is 42.5 Å². The van der Waals surface area contributed by atoms with Gasteiger partial charge in [-0.1, -0.05) is 42.5 Å². The van der Waals surface area contributed by atoms with Crippen LogP contribution < -0.4 is 5.32 Å². The molecule has 2 unspecified atom stereocenters. The quantitative estimate of drug-likeness (QED) is 0.938. The predicted octanol–water partition coefficient (Wildman–Crippen LogP) is 3.40. The Morgan fingerprint density at radius 1 is 1.26 bits per heavy atom. The molecule has 1 amide bonds. The van der Waals surface area contributed by atoms with Crippen molar-refractivity contribution in [3.63, 3.8) is 0 Å². The maximum atomic E-state index is 12.9. The normalized spacial score (nSPS) is 19.7. The Bertz CT molecular complexity index is 680. The monoisotopic (exact) mass is 310 g/mol. The Balaban J connectivity index is 1.75. The highest BCUT2D eigenvalue weighted by Crippen LogP contribution is 2.25. The molecule has 2 atom stereocenters. The Morgan fingerprint density at radius 3 is 2.83 bits per heavy atom. The van der Waals surface area contributed by atoms with Gasteiger partial charge in [0, 0.05) is 13.1 Å². The van der Waals surface area contributed by atoms with Crippen molar-refractivity contribution in [3.8, 4) is 0 Å². The molecule has 1 heterocycles. The summed E-state index contributed by atoms with van der Waals surface area (Å²) in [5.74, 6) is 0.774. The molecule has 3 nitrogen and oxygen atoms in total. The van der Waals surface area contributed by atoms with E-state index in [-0.39, 0.29) is 11.8 Å². The number of fused-ring (bicyclic) bond motifs is 1. The van der Waals surface area contributed by atoms with Crippen LogP contribution in [0.25, 0.3) is 10.8 Å². The molecule has 0 spiro atoms. The van der Waals surface area contributed by atoms with E-state index >= 15 is 0 Å². The molecule has 3 heteroatoms. The van der Waals surface area contributed by atoms with Crippen LogP contribution in [0.4, 0.5) is 0 Å². The molecular weight excluding hydrogens is 284 g/mol. The first kappa shape index (κ1) is 16.0. The third-order valence-electron chi connectivity index (χ3n) is 4.97. The van der Waals surface area contributed by atoms with Gasteiger partial charge < -0.3 is 10.2 Å². The maximum Gasteiger partial charge on any atom is 0.229 e. The molecule has 0 aliphatic carbocycles. The lowest BCUT2D eigenvalue weighted by molar-refractivity contribution is -0.134. The minimum atomic E-state index is -0.0760. The average molecular weight is 310 g/mol. The molecule has 3 rings (SSSR count). The molecule has 0 bridgehead atoms. The lowest BCUT2D eigenvalue weighted by Gasteiger charge is -2.34. The van der Waals surface area contributed by atoms with Crippen LogP contribution >= 0.6 is 0 Å². The molecule has 0 saturated carbocycles. The van der Waals surface area contributed by atoms with Crippen LogP contribution in [-0.4, -0.2) is 37.5 Å². The van der Waals surface area contributed by atoms with E-state index in [0.29, 0.717) is 5.92 Å². The lowest BCUT2D eigenvalue weighted by Crippen LogP contribution is -2.44. The summed E-state index contributed by atoms with van der Waals surface area (Å²) in [5, 5.41) is 5.67. The van der Waals surface area contributed by atoms with Crippen molar-refractivity contribution in [1.82, 2.24) is 10.2 Å². The number of amides is 1. The van der Waals surface area contributed by atoms with Gasteiger partial charge in [-0.05, 0) is 55.6 Å². The summed E-state index contributed by atoms with van der Waals surface area (Å²) in [6.45, 7) is 4.82. The van der Waals surface area contributed by atoms with Gasteiger partial charge in [-0.25, -0.2) is 0 Å². The average Bonchev–Trinajstić information content (AvgIpc) is 2.60. The summed E-state index contributed by atoms with van der Waals surface area (Å²) < 4.78 is 0. The summed E-state index contributed by atoms with van der Waals surface area (Å²) in [6.07, 6.45) is 2.33. The van der Waals surface area contributed by atoms with Crippen molar-refractivity contribution in [3.05, 3.63) is 48.0 Å². The van der Waals surface area contributed by atoms with Gasteiger partial charge in [-0.15, -0.1) is 0 Å². The molecule has 0 radical (unpaired) electrons. The van der Waals surface area contributed by atoms with Crippen molar-refractivity contribution in [2.24, 2.45) is 5.92 Å². The first-order chi connectivity index (χ1) is 11.2. The zero-order valence-corrected chi connectivity index (χ0v) is 14.1. The maximum absolute atomic E-state index is 12.9. The Morgan fingerprint density at radius 2 is 2.04 bits per heavy atom. The first-order valence-corrected chi connectivity index (χ1v) is 8.61. The second-order valence-corrected chi connectivity index (χ2v) is 6.68. The standard InChI is InChI=1S/C20H26N2O/c1-15(18-10-9-17-7-3-4-8-19(17)12-18)20(23)22-11-5-6-16(14-22)13-21-2/h3-4,7-10,12,15-16,21H,5-6,11,13-14H2,1-2H3. The van der Waals surface area contributed by atoms with E-state index in [0.717, 1.165) is 31.6 Å². The fourth-order valence-corrected chi connectivity index (χ4v) is 3.61. The zero-order chi connectivity index (χ0) is 16.2. The Hall–Kier alpha value is -1.87. The van der Waals surface area contributed by atoms with E-state index in [4.69, 9.17) is 0 Å². The fraction of sp³-hybridized carbons (Fsp3) is 0.450. The number of benzene rings is 2. The second kappa shape index (κ2) is 7.14. The van der Waals surface area contributed by atoms with Crippen molar-refractivity contribution < 1.29 is 4.79 Å². The molecule has 1 aliphatic rings. The van der Waals surface area contributed by atoms with Crippen LogP contribution in [0.5, 0.6) is 0 Å². The smallest absolute Gasteiger partial charge is 0.229 e. The topological polar surface area (TPSA) is 32.3 Å². The molecule has 0 aromatic heterocycles. The van der Waals surface area contributed by atoms with E-state index in [1.807, 2.05) is 26.1 Å².